The van der Waals surface area contributed by atoms with Crippen molar-refractivity contribution in [3.8, 4) is 0 Å². The van der Waals surface area contributed by atoms with Crippen molar-refractivity contribution in [1.82, 2.24) is 4.57 Å². The molecule has 4 heteroatoms. The zero-order chi connectivity index (χ0) is 13.7. The Morgan fingerprint density at radius 1 is 1.32 bits per heavy atom. The quantitative estimate of drug-likeness (QED) is 0.476. The van der Waals surface area contributed by atoms with Gasteiger partial charge in [0.05, 0.1) is 5.52 Å². The minimum Gasteiger partial charge on any atom is -0.399 e. The number of thioether (sulfide) groups is 1. The molecule has 1 heterocycles. The van der Waals surface area contributed by atoms with Crippen LogP contribution in [0.15, 0.2) is 29.3 Å². The van der Waals surface area contributed by atoms with Crippen molar-refractivity contribution in [3.63, 3.8) is 0 Å². The summed E-state index contributed by atoms with van der Waals surface area (Å²) in [4.78, 5) is 1.29. The van der Waals surface area contributed by atoms with E-state index in [2.05, 4.69) is 35.9 Å². The maximum absolute atomic E-state index is 6.01. The second-order valence-electron chi connectivity index (χ2n) is 4.59. The summed E-state index contributed by atoms with van der Waals surface area (Å²) >= 11 is 1.85. The van der Waals surface area contributed by atoms with Crippen molar-refractivity contribution in [3.05, 3.63) is 24.4 Å². The fourth-order valence-electron chi connectivity index (χ4n) is 2.28. The first-order valence-electron chi connectivity index (χ1n) is 6.76. The molecule has 0 aliphatic rings. The first-order chi connectivity index (χ1) is 9.26. The molecule has 104 valence electrons. The summed E-state index contributed by atoms with van der Waals surface area (Å²) in [6.07, 6.45) is 4.38. The summed E-state index contributed by atoms with van der Waals surface area (Å²) in [5.41, 5.74) is 8.10. The summed E-state index contributed by atoms with van der Waals surface area (Å²) < 4.78 is 7.38. The number of hydrogen-bond donors (Lipinski definition) is 1. The number of ether oxygens (including phenoxy) is 1. The number of rotatable bonds is 7. The fourth-order valence-corrected chi connectivity index (χ4v) is 3.14. The minimum absolute atomic E-state index is 0.832. The van der Waals surface area contributed by atoms with Gasteiger partial charge in [-0.3, -0.25) is 0 Å². The van der Waals surface area contributed by atoms with Gasteiger partial charge in [-0.2, -0.15) is 0 Å². The molecule has 0 unspecified atom stereocenters. The molecule has 0 atom stereocenters. The van der Waals surface area contributed by atoms with E-state index < -0.39 is 0 Å². The highest BCUT2D eigenvalue weighted by Crippen LogP contribution is 2.31. The van der Waals surface area contributed by atoms with Crippen LogP contribution in [0.4, 0.5) is 5.69 Å². The van der Waals surface area contributed by atoms with Crippen LogP contribution in [0.5, 0.6) is 0 Å². The van der Waals surface area contributed by atoms with Gasteiger partial charge in [0.15, 0.2) is 0 Å². The zero-order valence-electron chi connectivity index (χ0n) is 11.7. The molecule has 1 aromatic carbocycles. The van der Waals surface area contributed by atoms with Gasteiger partial charge in [0, 0.05) is 42.4 Å². The van der Waals surface area contributed by atoms with E-state index >= 15 is 0 Å². The predicted octanol–water partition coefficient (Wildman–Crippen LogP) is 3.76. The number of methoxy groups -OCH3 is 1. The maximum atomic E-state index is 6.01. The third-order valence-electron chi connectivity index (χ3n) is 3.17. The average molecular weight is 278 g/mol. The topological polar surface area (TPSA) is 40.2 Å². The molecule has 0 aliphatic carbocycles. The van der Waals surface area contributed by atoms with Crippen LogP contribution in [0.25, 0.3) is 10.9 Å². The molecular formula is C15H22N2OS. The Bertz CT molecular complexity index is 536. The lowest BCUT2D eigenvalue weighted by atomic mass is 10.2. The second-order valence-corrected chi connectivity index (χ2v) is 5.90. The van der Waals surface area contributed by atoms with E-state index in [-0.39, 0.29) is 0 Å². The third kappa shape index (κ3) is 3.45. The van der Waals surface area contributed by atoms with Crippen molar-refractivity contribution in [2.24, 2.45) is 0 Å². The van der Waals surface area contributed by atoms with Crippen LogP contribution in [-0.2, 0) is 11.3 Å². The molecule has 0 saturated heterocycles. The Morgan fingerprint density at radius 2 is 2.16 bits per heavy atom. The minimum atomic E-state index is 0.832. The van der Waals surface area contributed by atoms with Crippen LogP contribution in [0.3, 0.4) is 0 Å². The van der Waals surface area contributed by atoms with E-state index in [0.29, 0.717) is 0 Å². The molecule has 0 aliphatic heterocycles. The van der Waals surface area contributed by atoms with Crippen molar-refractivity contribution >= 4 is 28.4 Å². The number of anilines is 1. The van der Waals surface area contributed by atoms with Gasteiger partial charge in [0.2, 0.25) is 0 Å². The van der Waals surface area contributed by atoms with E-state index in [1.807, 2.05) is 11.8 Å². The van der Waals surface area contributed by atoms with Crippen molar-refractivity contribution in [1.29, 1.82) is 0 Å². The van der Waals surface area contributed by atoms with Crippen LogP contribution in [0.2, 0.25) is 0 Å². The molecule has 2 N–H and O–H groups in total. The lowest BCUT2D eigenvalue weighted by molar-refractivity contribution is 0.191. The number of fused-ring (bicyclic) bond motifs is 1. The maximum Gasteiger partial charge on any atom is 0.0512 e. The Balaban J connectivity index is 2.21. The highest BCUT2D eigenvalue weighted by molar-refractivity contribution is 7.99. The summed E-state index contributed by atoms with van der Waals surface area (Å²) in [6.45, 7) is 4.02. The molecular weight excluding hydrogens is 256 g/mol. The number of nitrogens with zero attached hydrogens (tertiary/aromatic N) is 1. The first kappa shape index (κ1) is 14.3. The molecule has 0 spiro atoms. The van der Waals surface area contributed by atoms with Crippen LogP contribution in [-0.4, -0.2) is 24.0 Å². The first-order valence-corrected chi connectivity index (χ1v) is 7.75. The van der Waals surface area contributed by atoms with E-state index in [0.717, 1.165) is 37.4 Å². The summed E-state index contributed by atoms with van der Waals surface area (Å²) in [5, 5.41) is 1.31. The van der Waals surface area contributed by atoms with Gasteiger partial charge in [0.25, 0.3) is 0 Å². The number of aryl methyl sites for hydroxylation is 1. The molecule has 2 aromatic rings. The summed E-state index contributed by atoms with van der Waals surface area (Å²) in [5.74, 6) is 1.07. The van der Waals surface area contributed by atoms with Gasteiger partial charge >= 0.3 is 0 Å². The van der Waals surface area contributed by atoms with Gasteiger partial charge in [-0.05, 0) is 36.8 Å². The fraction of sp³-hybridized carbons (Fsp3) is 0.467. The molecule has 0 radical (unpaired) electrons. The van der Waals surface area contributed by atoms with Crippen LogP contribution in [0.1, 0.15) is 19.8 Å². The predicted molar refractivity (Wildman–Crippen MR) is 83.9 cm³/mol. The molecule has 0 amide bonds. The van der Waals surface area contributed by atoms with Crippen LogP contribution >= 0.6 is 11.8 Å². The number of nitrogens with two attached hydrogens (primary N) is 1. The number of benzene rings is 1. The van der Waals surface area contributed by atoms with Crippen LogP contribution in [0, 0.1) is 0 Å². The molecule has 0 fully saturated rings. The molecule has 3 nitrogen and oxygen atoms in total. The van der Waals surface area contributed by atoms with E-state index in [1.165, 1.54) is 15.8 Å². The highest BCUT2D eigenvalue weighted by atomic mass is 32.2. The SMILES string of the molecule is CCSc1cc(N)cc2c1ccn2CCCCOC. The van der Waals surface area contributed by atoms with E-state index in [9.17, 15) is 0 Å². The number of hydrogen-bond acceptors (Lipinski definition) is 3. The second kappa shape index (κ2) is 6.87. The number of unbranched alkanes of at least 4 members (excludes halogenated alkanes) is 1. The number of aromatic nitrogens is 1. The van der Waals surface area contributed by atoms with Gasteiger partial charge in [-0.25, -0.2) is 0 Å². The summed E-state index contributed by atoms with van der Waals surface area (Å²) in [7, 11) is 1.75. The lowest BCUT2D eigenvalue weighted by Gasteiger charge is -2.08. The molecule has 19 heavy (non-hydrogen) atoms. The Hall–Kier alpha value is -1.13. The summed E-state index contributed by atoms with van der Waals surface area (Å²) in [6, 6.07) is 6.35. The Morgan fingerprint density at radius 3 is 2.89 bits per heavy atom. The third-order valence-corrected chi connectivity index (χ3v) is 4.11. The van der Waals surface area contributed by atoms with Gasteiger partial charge < -0.3 is 15.0 Å². The Kier molecular flexibility index (Phi) is 5.16. The normalized spacial score (nSPS) is 11.3. The molecule has 2 rings (SSSR count). The highest BCUT2D eigenvalue weighted by Gasteiger charge is 2.07. The van der Waals surface area contributed by atoms with Crippen molar-refractivity contribution in [2.75, 3.05) is 25.2 Å². The Labute approximate surface area is 119 Å². The smallest absolute Gasteiger partial charge is 0.0512 e. The van der Waals surface area contributed by atoms with Gasteiger partial charge in [0.1, 0.15) is 0 Å². The van der Waals surface area contributed by atoms with Gasteiger partial charge in [-0.1, -0.05) is 6.92 Å². The monoisotopic (exact) mass is 278 g/mol. The largest absolute Gasteiger partial charge is 0.399 e. The standard InChI is InChI=1S/C15H22N2OS/c1-3-19-15-11-12(16)10-14-13(15)6-8-17(14)7-4-5-9-18-2/h6,8,10-11H,3-5,7,9,16H2,1-2H3. The van der Waals surface area contributed by atoms with Crippen molar-refractivity contribution in [2.45, 2.75) is 31.2 Å². The number of nitrogen functional groups attached to an aromatic ring is 1. The molecule has 0 saturated carbocycles. The van der Waals surface area contributed by atoms with Crippen LogP contribution < -0.4 is 5.73 Å². The average Bonchev–Trinajstić information content (AvgIpc) is 2.78. The lowest BCUT2D eigenvalue weighted by Crippen LogP contribution is -1.99. The van der Waals surface area contributed by atoms with Crippen molar-refractivity contribution < 1.29 is 4.74 Å². The molecule has 0 bridgehead atoms. The van der Waals surface area contributed by atoms with Gasteiger partial charge in [-0.15, -0.1) is 11.8 Å². The van der Waals surface area contributed by atoms with E-state index in [4.69, 9.17) is 10.5 Å². The van der Waals surface area contributed by atoms with E-state index in [1.54, 1.807) is 7.11 Å². The zero-order valence-corrected chi connectivity index (χ0v) is 12.5. The molecule has 1 aromatic heterocycles.